The molecule has 7 heteroatoms. The molecule has 2 atom stereocenters. The number of sulfonamides is 1. The lowest BCUT2D eigenvalue weighted by Gasteiger charge is -2.37. The average molecular weight is 286 g/mol. The third kappa shape index (κ3) is 3.77. The maximum Gasteiger partial charge on any atom is 0.211 e. The Hall–Kier alpha value is -0.920. The predicted octanol–water partition coefficient (Wildman–Crippen LogP) is 0.559. The summed E-state index contributed by atoms with van der Waals surface area (Å²) in [5.74, 6) is 0.367. The Kier molecular flexibility index (Phi) is 4.59. The van der Waals surface area contributed by atoms with Gasteiger partial charge in [0.2, 0.25) is 10.0 Å². The summed E-state index contributed by atoms with van der Waals surface area (Å²) in [7, 11) is -3.06. The van der Waals surface area contributed by atoms with Crippen molar-refractivity contribution in [2.45, 2.75) is 32.4 Å². The first-order valence-corrected chi connectivity index (χ1v) is 8.51. The van der Waals surface area contributed by atoms with Crippen molar-refractivity contribution in [1.82, 2.24) is 19.6 Å². The van der Waals surface area contributed by atoms with Crippen molar-refractivity contribution in [2.75, 3.05) is 19.3 Å². The van der Waals surface area contributed by atoms with E-state index in [9.17, 15) is 8.42 Å². The zero-order valence-corrected chi connectivity index (χ0v) is 12.3. The van der Waals surface area contributed by atoms with Gasteiger partial charge in [0.25, 0.3) is 0 Å². The maximum absolute atomic E-state index is 11.6. The molecule has 6 nitrogen and oxygen atoms in total. The SMILES string of the molecule is CC[C@@H]1CN(S(C)(=O)=O)CC[C@H]1NCc1cnc[nH]1. The fourth-order valence-electron chi connectivity index (χ4n) is 2.60. The van der Waals surface area contributed by atoms with Crippen molar-refractivity contribution in [3.05, 3.63) is 18.2 Å². The molecule has 0 radical (unpaired) electrons. The first-order chi connectivity index (χ1) is 9.00. The van der Waals surface area contributed by atoms with Crippen LogP contribution in [0.25, 0.3) is 0 Å². The second kappa shape index (κ2) is 6.02. The van der Waals surface area contributed by atoms with E-state index in [0.29, 0.717) is 25.0 Å². The van der Waals surface area contributed by atoms with E-state index in [1.807, 2.05) is 0 Å². The first-order valence-electron chi connectivity index (χ1n) is 6.66. The van der Waals surface area contributed by atoms with Gasteiger partial charge in [-0.15, -0.1) is 0 Å². The predicted molar refractivity (Wildman–Crippen MR) is 74.0 cm³/mol. The molecule has 0 amide bonds. The van der Waals surface area contributed by atoms with E-state index in [0.717, 1.165) is 25.1 Å². The Morgan fingerprint density at radius 1 is 1.58 bits per heavy atom. The molecule has 19 heavy (non-hydrogen) atoms. The molecule has 1 aliphatic rings. The Morgan fingerprint density at radius 2 is 2.37 bits per heavy atom. The number of aromatic amines is 1. The summed E-state index contributed by atoms with van der Waals surface area (Å²) < 4.78 is 24.8. The fraction of sp³-hybridized carbons (Fsp3) is 0.750. The van der Waals surface area contributed by atoms with Gasteiger partial charge >= 0.3 is 0 Å². The Balaban J connectivity index is 1.92. The molecule has 1 aromatic rings. The number of rotatable bonds is 5. The summed E-state index contributed by atoms with van der Waals surface area (Å²) in [4.78, 5) is 7.05. The summed E-state index contributed by atoms with van der Waals surface area (Å²) in [6, 6.07) is 0.367. The molecule has 0 unspecified atom stereocenters. The molecule has 108 valence electrons. The van der Waals surface area contributed by atoms with Gasteiger partial charge in [0.1, 0.15) is 0 Å². The minimum absolute atomic E-state index is 0.367. The Morgan fingerprint density at radius 3 is 2.95 bits per heavy atom. The van der Waals surface area contributed by atoms with Crippen LogP contribution < -0.4 is 5.32 Å². The maximum atomic E-state index is 11.6. The van der Waals surface area contributed by atoms with E-state index in [4.69, 9.17) is 0 Å². The smallest absolute Gasteiger partial charge is 0.211 e. The van der Waals surface area contributed by atoms with E-state index in [1.54, 1.807) is 16.8 Å². The topological polar surface area (TPSA) is 78.1 Å². The van der Waals surface area contributed by atoms with Gasteiger partial charge < -0.3 is 10.3 Å². The van der Waals surface area contributed by atoms with E-state index in [2.05, 4.69) is 22.2 Å². The van der Waals surface area contributed by atoms with Gasteiger partial charge in [-0.2, -0.15) is 0 Å². The van der Waals surface area contributed by atoms with Gasteiger partial charge in [0.15, 0.2) is 0 Å². The van der Waals surface area contributed by atoms with E-state index in [1.165, 1.54) is 6.26 Å². The van der Waals surface area contributed by atoms with Crippen LogP contribution in [0.2, 0.25) is 0 Å². The third-order valence-corrected chi connectivity index (χ3v) is 5.07. The minimum Gasteiger partial charge on any atom is -0.347 e. The normalized spacial score (nSPS) is 25.6. The summed E-state index contributed by atoms with van der Waals surface area (Å²) in [5, 5.41) is 3.50. The van der Waals surface area contributed by atoms with E-state index >= 15 is 0 Å². The van der Waals surface area contributed by atoms with Crippen LogP contribution in [0.3, 0.4) is 0 Å². The van der Waals surface area contributed by atoms with Crippen LogP contribution in [0.5, 0.6) is 0 Å². The minimum atomic E-state index is -3.06. The zero-order chi connectivity index (χ0) is 13.9. The van der Waals surface area contributed by atoms with Crippen LogP contribution in [0.15, 0.2) is 12.5 Å². The quantitative estimate of drug-likeness (QED) is 0.829. The monoisotopic (exact) mass is 286 g/mol. The van der Waals surface area contributed by atoms with Crippen LogP contribution in [-0.4, -0.2) is 48.1 Å². The molecule has 0 bridgehead atoms. The van der Waals surface area contributed by atoms with Crippen LogP contribution in [-0.2, 0) is 16.6 Å². The van der Waals surface area contributed by atoms with Crippen LogP contribution in [0.4, 0.5) is 0 Å². The van der Waals surface area contributed by atoms with Crippen molar-refractivity contribution in [2.24, 2.45) is 5.92 Å². The molecule has 1 aromatic heterocycles. The summed E-state index contributed by atoms with van der Waals surface area (Å²) in [6.07, 6.45) is 6.60. The highest BCUT2D eigenvalue weighted by molar-refractivity contribution is 7.88. The van der Waals surface area contributed by atoms with Gasteiger partial charge in [0.05, 0.1) is 12.6 Å². The highest BCUT2D eigenvalue weighted by Gasteiger charge is 2.31. The van der Waals surface area contributed by atoms with Crippen molar-refractivity contribution < 1.29 is 8.42 Å². The second-order valence-corrected chi connectivity index (χ2v) is 7.12. The average Bonchev–Trinajstić information content (AvgIpc) is 2.88. The first kappa shape index (κ1) is 14.5. The van der Waals surface area contributed by atoms with Crippen LogP contribution >= 0.6 is 0 Å². The lowest BCUT2D eigenvalue weighted by molar-refractivity contribution is 0.201. The number of aromatic nitrogens is 2. The van der Waals surface area contributed by atoms with Gasteiger partial charge in [-0.25, -0.2) is 17.7 Å². The zero-order valence-electron chi connectivity index (χ0n) is 11.5. The standard InChI is InChI=1S/C12H22N4O2S/c1-3-10-8-16(19(2,17)18)5-4-12(10)14-7-11-6-13-9-15-11/h6,9-10,12,14H,3-5,7-8H2,1-2H3,(H,13,15)/t10-,12-/m1/s1. The Labute approximate surface area is 114 Å². The van der Waals surface area contributed by atoms with Gasteiger partial charge in [0, 0.05) is 37.6 Å². The highest BCUT2D eigenvalue weighted by Crippen LogP contribution is 2.22. The molecule has 1 fully saturated rings. The second-order valence-electron chi connectivity index (χ2n) is 5.14. The molecule has 0 aliphatic carbocycles. The fourth-order valence-corrected chi connectivity index (χ4v) is 3.50. The summed E-state index contributed by atoms with van der Waals surface area (Å²) in [5.41, 5.74) is 1.06. The lowest BCUT2D eigenvalue weighted by Crippen LogP contribution is -2.50. The van der Waals surface area contributed by atoms with Crippen molar-refractivity contribution in [3.63, 3.8) is 0 Å². The number of H-pyrrole nitrogens is 1. The van der Waals surface area contributed by atoms with Gasteiger partial charge in [-0.1, -0.05) is 13.3 Å². The molecular formula is C12H22N4O2S. The van der Waals surface area contributed by atoms with E-state index in [-0.39, 0.29) is 0 Å². The van der Waals surface area contributed by atoms with Crippen LogP contribution in [0, 0.1) is 5.92 Å². The van der Waals surface area contributed by atoms with Gasteiger partial charge in [-0.3, -0.25) is 0 Å². The molecule has 1 saturated heterocycles. The van der Waals surface area contributed by atoms with Crippen LogP contribution in [0.1, 0.15) is 25.5 Å². The molecule has 0 saturated carbocycles. The Bertz CT molecular complexity index is 486. The molecule has 0 spiro atoms. The summed E-state index contributed by atoms with van der Waals surface area (Å²) in [6.45, 7) is 4.09. The van der Waals surface area contributed by atoms with Crippen molar-refractivity contribution in [3.8, 4) is 0 Å². The molecule has 1 aliphatic heterocycles. The highest BCUT2D eigenvalue weighted by atomic mass is 32.2. The molecular weight excluding hydrogens is 264 g/mol. The number of piperidine rings is 1. The largest absolute Gasteiger partial charge is 0.347 e. The van der Waals surface area contributed by atoms with Crippen molar-refractivity contribution in [1.29, 1.82) is 0 Å². The molecule has 2 N–H and O–H groups in total. The number of hydrogen-bond donors (Lipinski definition) is 2. The number of hydrogen-bond acceptors (Lipinski definition) is 4. The van der Waals surface area contributed by atoms with E-state index < -0.39 is 10.0 Å². The summed E-state index contributed by atoms with van der Waals surface area (Å²) >= 11 is 0. The number of nitrogens with one attached hydrogen (secondary N) is 2. The van der Waals surface area contributed by atoms with Crippen molar-refractivity contribution >= 4 is 10.0 Å². The lowest BCUT2D eigenvalue weighted by atomic mass is 9.91. The van der Waals surface area contributed by atoms with Gasteiger partial charge in [-0.05, 0) is 12.3 Å². The molecule has 0 aromatic carbocycles. The molecule has 2 rings (SSSR count). The molecule has 2 heterocycles. The number of imidazole rings is 1. The third-order valence-electron chi connectivity index (χ3n) is 3.80. The number of nitrogens with zero attached hydrogens (tertiary/aromatic N) is 2.